The quantitative estimate of drug-likeness (QED) is 0.741. The van der Waals surface area contributed by atoms with Crippen molar-refractivity contribution < 1.29 is 9.15 Å². The van der Waals surface area contributed by atoms with E-state index < -0.39 is 0 Å². The Bertz CT molecular complexity index is 881. The Kier molecular flexibility index (Phi) is 3.50. The van der Waals surface area contributed by atoms with E-state index in [1.165, 1.54) is 0 Å². The van der Waals surface area contributed by atoms with E-state index >= 15 is 0 Å². The van der Waals surface area contributed by atoms with Crippen molar-refractivity contribution >= 4 is 22.1 Å². The van der Waals surface area contributed by atoms with Crippen molar-refractivity contribution in [2.45, 2.75) is 44.8 Å². The van der Waals surface area contributed by atoms with Crippen molar-refractivity contribution in [3.8, 4) is 6.07 Å². The minimum Gasteiger partial charge on any atom is -0.460 e. The molecule has 0 saturated carbocycles. The SMILES string of the molecule is CCc1nc2cnc3ccoc3c2n1[C@H]1CC[C@H](CC#N)OC1. The zero-order valence-electron chi connectivity index (χ0n) is 13.0. The van der Waals surface area contributed by atoms with Gasteiger partial charge in [-0.1, -0.05) is 6.92 Å². The van der Waals surface area contributed by atoms with Crippen molar-refractivity contribution in [1.82, 2.24) is 14.5 Å². The number of pyridine rings is 1. The standard InChI is InChI=1S/C17H18N4O2/c1-2-15-20-14-9-19-13-6-8-22-17(13)16(14)21(15)11-3-4-12(5-7-18)23-10-11/h6,8-9,11-12H,2-5,10H2,1H3/t11-,12+/m0/s1. The fraction of sp³-hybridized carbons (Fsp3) is 0.471. The molecule has 0 radical (unpaired) electrons. The summed E-state index contributed by atoms with van der Waals surface area (Å²) in [6.45, 7) is 2.71. The van der Waals surface area contributed by atoms with Crippen LogP contribution in [0.4, 0.5) is 0 Å². The molecule has 2 atom stereocenters. The molecule has 118 valence electrons. The van der Waals surface area contributed by atoms with Gasteiger partial charge in [0.25, 0.3) is 0 Å². The molecule has 4 heterocycles. The van der Waals surface area contributed by atoms with Crippen molar-refractivity contribution in [3.05, 3.63) is 24.4 Å². The lowest BCUT2D eigenvalue weighted by atomic mass is 10.0. The molecule has 0 amide bonds. The van der Waals surface area contributed by atoms with E-state index in [4.69, 9.17) is 19.4 Å². The molecule has 1 aliphatic heterocycles. The van der Waals surface area contributed by atoms with E-state index in [0.717, 1.165) is 47.2 Å². The molecule has 0 bridgehead atoms. The van der Waals surface area contributed by atoms with Crippen LogP contribution < -0.4 is 0 Å². The first kappa shape index (κ1) is 14.2. The highest BCUT2D eigenvalue weighted by molar-refractivity contribution is 5.98. The Morgan fingerprint density at radius 2 is 2.30 bits per heavy atom. The molecule has 6 heteroatoms. The third-order valence-corrected chi connectivity index (χ3v) is 4.54. The molecule has 23 heavy (non-hydrogen) atoms. The monoisotopic (exact) mass is 310 g/mol. The Balaban J connectivity index is 1.79. The van der Waals surface area contributed by atoms with Crippen LogP contribution in [0.3, 0.4) is 0 Å². The minimum atomic E-state index is 0.0569. The van der Waals surface area contributed by atoms with Gasteiger partial charge in [0, 0.05) is 12.5 Å². The van der Waals surface area contributed by atoms with E-state index in [1.54, 1.807) is 6.26 Å². The van der Waals surface area contributed by atoms with Crippen LogP contribution in [-0.4, -0.2) is 27.2 Å². The van der Waals surface area contributed by atoms with Crippen LogP contribution >= 0.6 is 0 Å². The number of fused-ring (bicyclic) bond motifs is 3. The molecule has 3 aromatic heterocycles. The van der Waals surface area contributed by atoms with Gasteiger partial charge in [-0.05, 0) is 12.8 Å². The van der Waals surface area contributed by atoms with Crippen LogP contribution in [-0.2, 0) is 11.2 Å². The Hall–Kier alpha value is -2.39. The van der Waals surface area contributed by atoms with Gasteiger partial charge in [0.15, 0.2) is 5.58 Å². The number of hydrogen-bond acceptors (Lipinski definition) is 5. The average Bonchev–Trinajstić information content (AvgIpc) is 3.19. The predicted molar refractivity (Wildman–Crippen MR) is 84.9 cm³/mol. The molecular formula is C17H18N4O2. The number of furan rings is 1. The molecule has 1 aliphatic rings. The molecule has 0 aromatic carbocycles. The minimum absolute atomic E-state index is 0.0569. The van der Waals surface area contributed by atoms with E-state index in [9.17, 15) is 0 Å². The molecule has 1 saturated heterocycles. The van der Waals surface area contributed by atoms with Gasteiger partial charge in [-0.15, -0.1) is 0 Å². The number of nitrogens with zero attached hydrogens (tertiary/aromatic N) is 4. The second kappa shape index (κ2) is 5.67. The maximum atomic E-state index is 8.82. The van der Waals surface area contributed by atoms with E-state index in [0.29, 0.717) is 13.0 Å². The first-order chi connectivity index (χ1) is 11.3. The number of aromatic nitrogens is 3. The van der Waals surface area contributed by atoms with Gasteiger partial charge in [-0.2, -0.15) is 5.26 Å². The summed E-state index contributed by atoms with van der Waals surface area (Å²) >= 11 is 0. The molecule has 3 aromatic rings. The Morgan fingerprint density at radius 1 is 1.39 bits per heavy atom. The lowest BCUT2D eigenvalue weighted by Crippen LogP contribution is -2.28. The van der Waals surface area contributed by atoms with Gasteiger partial charge >= 0.3 is 0 Å². The second-order valence-corrected chi connectivity index (χ2v) is 5.93. The maximum Gasteiger partial charge on any atom is 0.178 e. The largest absolute Gasteiger partial charge is 0.460 e. The van der Waals surface area contributed by atoms with Gasteiger partial charge in [0.2, 0.25) is 0 Å². The van der Waals surface area contributed by atoms with Crippen LogP contribution in [0.1, 0.15) is 38.1 Å². The van der Waals surface area contributed by atoms with Gasteiger partial charge in [-0.3, -0.25) is 4.98 Å². The summed E-state index contributed by atoms with van der Waals surface area (Å²) < 4.78 is 13.8. The summed E-state index contributed by atoms with van der Waals surface area (Å²) in [4.78, 5) is 9.13. The zero-order valence-corrected chi connectivity index (χ0v) is 13.0. The molecular weight excluding hydrogens is 292 g/mol. The maximum absolute atomic E-state index is 8.82. The molecule has 0 spiro atoms. The summed E-state index contributed by atoms with van der Waals surface area (Å²) in [5.41, 5.74) is 3.50. The third kappa shape index (κ3) is 2.28. The smallest absolute Gasteiger partial charge is 0.178 e. The molecule has 6 nitrogen and oxygen atoms in total. The molecule has 0 unspecified atom stereocenters. The highest BCUT2D eigenvalue weighted by Crippen LogP contribution is 2.33. The number of imidazole rings is 1. The van der Waals surface area contributed by atoms with Crippen LogP contribution in [0, 0.1) is 11.3 Å². The van der Waals surface area contributed by atoms with Crippen molar-refractivity contribution in [1.29, 1.82) is 5.26 Å². The zero-order chi connectivity index (χ0) is 15.8. The fourth-order valence-corrected chi connectivity index (χ4v) is 3.43. The summed E-state index contributed by atoms with van der Waals surface area (Å²) in [5, 5.41) is 8.82. The highest BCUT2D eigenvalue weighted by atomic mass is 16.5. The lowest BCUT2D eigenvalue weighted by Gasteiger charge is -2.30. The average molecular weight is 310 g/mol. The fourth-order valence-electron chi connectivity index (χ4n) is 3.43. The number of rotatable bonds is 3. The van der Waals surface area contributed by atoms with E-state index in [2.05, 4.69) is 22.5 Å². The van der Waals surface area contributed by atoms with Crippen molar-refractivity contribution in [2.24, 2.45) is 0 Å². The normalized spacial score (nSPS) is 21.7. The van der Waals surface area contributed by atoms with Gasteiger partial charge in [0.1, 0.15) is 22.4 Å². The number of nitriles is 1. The Morgan fingerprint density at radius 3 is 3.04 bits per heavy atom. The Labute approximate surface area is 133 Å². The van der Waals surface area contributed by atoms with Crippen LogP contribution in [0.2, 0.25) is 0 Å². The number of hydrogen-bond donors (Lipinski definition) is 0. The van der Waals surface area contributed by atoms with Crippen molar-refractivity contribution in [3.63, 3.8) is 0 Å². The lowest BCUT2D eigenvalue weighted by molar-refractivity contribution is -0.00820. The molecule has 4 rings (SSSR count). The first-order valence-corrected chi connectivity index (χ1v) is 8.03. The predicted octanol–water partition coefficient (Wildman–Crippen LogP) is 3.37. The topological polar surface area (TPSA) is 76.9 Å². The summed E-state index contributed by atoms with van der Waals surface area (Å²) in [7, 11) is 0. The van der Waals surface area contributed by atoms with E-state index in [-0.39, 0.29) is 12.1 Å². The third-order valence-electron chi connectivity index (χ3n) is 4.54. The highest BCUT2D eigenvalue weighted by Gasteiger charge is 2.27. The summed E-state index contributed by atoms with van der Waals surface area (Å²) in [6, 6.07) is 4.29. The van der Waals surface area contributed by atoms with Gasteiger partial charge in [0.05, 0.1) is 43.7 Å². The first-order valence-electron chi connectivity index (χ1n) is 8.03. The van der Waals surface area contributed by atoms with Gasteiger partial charge in [-0.25, -0.2) is 4.98 Å². The second-order valence-electron chi connectivity index (χ2n) is 5.93. The number of ether oxygens (including phenoxy) is 1. The number of aryl methyl sites for hydroxylation is 1. The summed E-state index contributed by atoms with van der Waals surface area (Å²) in [5.74, 6) is 1.03. The van der Waals surface area contributed by atoms with Crippen LogP contribution in [0.15, 0.2) is 22.9 Å². The van der Waals surface area contributed by atoms with E-state index in [1.807, 2.05) is 12.3 Å². The van der Waals surface area contributed by atoms with Crippen molar-refractivity contribution in [2.75, 3.05) is 6.61 Å². The van der Waals surface area contributed by atoms with Crippen LogP contribution in [0.5, 0.6) is 0 Å². The van der Waals surface area contributed by atoms with Crippen LogP contribution in [0.25, 0.3) is 22.1 Å². The summed E-state index contributed by atoms with van der Waals surface area (Å²) in [6.07, 6.45) is 6.72. The molecule has 1 fully saturated rings. The van der Waals surface area contributed by atoms with Gasteiger partial charge < -0.3 is 13.7 Å². The molecule has 0 N–H and O–H groups in total. The molecule has 0 aliphatic carbocycles.